The van der Waals surface area contributed by atoms with Crippen LogP contribution in [0, 0.1) is 17.3 Å². The number of benzene rings is 2. The van der Waals surface area contributed by atoms with Crippen LogP contribution >= 0.6 is 17.2 Å². The molecule has 8 heteroatoms. The Hall–Kier alpha value is -1.26. The number of hydrogen-bond acceptors (Lipinski definition) is 6. The molecule has 0 bridgehead atoms. The van der Waals surface area contributed by atoms with Crippen LogP contribution in [-0.2, 0) is 30.9 Å². The second kappa shape index (κ2) is 61.4. The van der Waals surface area contributed by atoms with Gasteiger partial charge in [0.05, 0.1) is 25.4 Å². The first-order valence-electron chi connectivity index (χ1n) is 42.6. The van der Waals surface area contributed by atoms with E-state index in [1.807, 2.05) is 0 Å². The largest absolute Gasteiger partial charge is 0.463 e. The minimum Gasteiger partial charge on any atom is -0.418 e. The van der Waals surface area contributed by atoms with Crippen LogP contribution in [0.2, 0.25) is 0 Å². The molecule has 0 heterocycles. The van der Waals surface area contributed by atoms with Crippen LogP contribution in [0.15, 0.2) is 48.5 Å². The zero-order valence-electron chi connectivity index (χ0n) is 64.0. The Labute approximate surface area is 594 Å². The molecule has 0 aromatic heterocycles. The number of rotatable bonds is 68. The van der Waals surface area contributed by atoms with Crippen LogP contribution in [0.25, 0.3) is 0 Å². The molecule has 0 unspecified atom stereocenters. The fourth-order valence-electron chi connectivity index (χ4n) is 15.4. The van der Waals surface area contributed by atoms with Crippen molar-refractivity contribution in [3.05, 3.63) is 59.7 Å². The fourth-order valence-corrected chi connectivity index (χ4v) is 17.8. The molecule has 552 valence electrons. The van der Waals surface area contributed by atoms with Gasteiger partial charge in [-0.05, 0) is 143 Å². The predicted molar refractivity (Wildman–Crippen MR) is 418 cm³/mol. The molecule has 4 rings (SSSR count). The molecule has 2 aromatic rings. The highest BCUT2D eigenvalue weighted by atomic mass is 31.2. The summed E-state index contributed by atoms with van der Waals surface area (Å²) in [6, 6.07) is 17.7. The van der Waals surface area contributed by atoms with Crippen molar-refractivity contribution in [1.82, 2.24) is 0 Å². The van der Waals surface area contributed by atoms with Crippen LogP contribution < -0.4 is 9.05 Å². The van der Waals surface area contributed by atoms with E-state index in [-0.39, 0.29) is 17.6 Å². The van der Waals surface area contributed by atoms with E-state index in [0.29, 0.717) is 11.8 Å². The molecule has 2 fully saturated rings. The van der Waals surface area contributed by atoms with Gasteiger partial charge in [-0.15, -0.1) is 0 Å². The lowest BCUT2D eigenvalue weighted by Gasteiger charge is -2.46. The molecule has 2 saturated carbocycles. The maximum Gasteiger partial charge on any atom is 0.463 e. The summed E-state index contributed by atoms with van der Waals surface area (Å²) in [6.45, 7) is 15.9. The molecule has 0 atom stereocenters. The van der Waals surface area contributed by atoms with Crippen LogP contribution in [-0.4, -0.2) is 25.4 Å². The van der Waals surface area contributed by atoms with Gasteiger partial charge in [0.1, 0.15) is 11.5 Å². The van der Waals surface area contributed by atoms with Crippen LogP contribution in [0.1, 0.15) is 438 Å². The van der Waals surface area contributed by atoms with Crippen molar-refractivity contribution >= 4 is 17.2 Å². The third kappa shape index (κ3) is 46.1. The highest BCUT2D eigenvalue weighted by molar-refractivity contribution is 7.42. The molecule has 0 spiro atoms. The Morgan fingerprint density at radius 1 is 0.274 bits per heavy atom. The Balaban J connectivity index is 1.22. The maximum atomic E-state index is 6.97. The van der Waals surface area contributed by atoms with Gasteiger partial charge in [-0.2, -0.15) is 0 Å². The first-order valence-corrected chi connectivity index (χ1v) is 44.8. The van der Waals surface area contributed by atoms with Crippen molar-refractivity contribution in [3.8, 4) is 11.5 Å². The van der Waals surface area contributed by atoms with Crippen molar-refractivity contribution < 1.29 is 27.1 Å². The van der Waals surface area contributed by atoms with Crippen molar-refractivity contribution in [2.24, 2.45) is 17.3 Å². The molecule has 6 nitrogen and oxygen atoms in total. The quantitative estimate of drug-likeness (QED) is 0.0486. The van der Waals surface area contributed by atoms with Crippen LogP contribution in [0.5, 0.6) is 11.5 Å². The zero-order valence-corrected chi connectivity index (χ0v) is 65.8. The van der Waals surface area contributed by atoms with E-state index in [2.05, 4.69) is 90.1 Å². The van der Waals surface area contributed by atoms with E-state index in [9.17, 15) is 0 Å². The monoisotopic (exact) mass is 1360 g/mol. The first-order chi connectivity index (χ1) is 46.8. The van der Waals surface area contributed by atoms with Crippen molar-refractivity contribution in [2.45, 2.75) is 452 Å². The third-order valence-electron chi connectivity index (χ3n) is 22.2. The second-order valence-corrected chi connectivity index (χ2v) is 33.2. The van der Waals surface area contributed by atoms with E-state index in [1.165, 1.54) is 358 Å². The normalized spacial score (nSPS) is 17.0. The number of aryl methyl sites for hydroxylation is 2. The predicted octanol–water partition coefficient (Wildman–Crippen LogP) is 31.3. The van der Waals surface area contributed by atoms with Gasteiger partial charge < -0.3 is 22.6 Å². The van der Waals surface area contributed by atoms with Gasteiger partial charge in [0, 0.05) is 0 Å². The summed E-state index contributed by atoms with van der Waals surface area (Å²) in [5, 5.41) is 0. The summed E-state index contributed by atoms with van der Waals surface area (Å²) in [7, 11) is -2.95. The van der Waals surface area contributed by atoms with Gasteiger partial charge >= 0.3 is 17.2 Å². The number of unbranched alkanes of at least 4 members (excludes halogenated alkanes) is 48. The molecule has 0 amide bonds. The van der Waals surface area contributed by atoms with E-state index < -0.39 is 17.2 Å². The molecule has 2 aromatic carbocycles. The zero-order chi connectivity index (χ0) is 67.4. The van der Waals surface area contributed by atoms with E-state index in [0.717, 1.165) is 76.1 Å². The van der Waals surface area contributed by atoms with Gasteiger partial charge in [-0.25, -0.2) is 0 Å². The highest BCUT2D eigenvalue weighted by Crippen LogP contribution is 2.53. The fraction of sp³-hybridized carbons (Fsp3) is 0.862. The van der Waals surface area contributed by atoms with Crippen molar-refractivity contribution in [1.29, 1.82) is 0 Å². The van der Waals surface area contributed by atoms with E-state index in [1.54, 1.807) is 0 Å². The minimum absolute atomic E-state index is 0.126. The molecule has 0 saturated heterocycles. The smallest absolute Gasteiger partial charge is 0.418 e. The topological polar surface area (TPSA) is 55.4 Å². The summed E-state index contributed by atoms with van der Waals surface area (Å²) in [5.41, 5.74) is 3.05. The Morgan fingerprint density at radius 3 is 0.747 bits per heavy atom. The molecule has 95 heavy (non-hydrogen) atoms. The molecule has 2 aliphatic carbocycles. The summed E-state index contributed by atoms with van der Waals surface area (Å²) < 4.78 is 40.3. The molecule has 2 aliphatic rings. The Kier molecular flexibility index (Phi) is 55.7. The van der Waals surface area contributed by atoms with E-state index in [4.69, 9.17) is 27.1 Å². The van der Waals surface area contributed by atoms with Gasteiger partial charge in [0.2, 0.25) is 0 Å². The molecular formula is C87H158O6P2. The molecule has 0 N–H and O–H groups in total. The van der Waals surface area contributed by atoms with Crippen molar-refractivity contribution in [2.75, 3.05) is 13.2 Å². The SMILES string of the molecule is CCCCCCCCCCCCCCCOP(OCCCCCCCCCCCCCCC)OC1CCC(C(C)(C)C2CCC(OP(Oc3ccc(CCCCCCCCCCCCCCC)cc3)Oc3ccc(CCCCCCCCCCCCCCC)cc3)CC2)CC1. The van der Waals surface area contributed by atoms with Crippen LogP contribution in [0.3, 0.4) is 0 Å². The first kappa shape index (κ1) is 86.1. The lowest BCUT2D eigenvalue weighted by molar-refractivity contribution is 0.00530. The van der Waals surface area contributed by atoms with E-state index >= 15 is 0 Å². The average molecular weight is 1360 g/mol. The standard InChI is InChI=1S/C87H158O6P2/c1-7-11-15-19-23-27-31-35-39-43-47-51-55-59-79-61-69-83(70-62-79)91-95(92-84-71-63-80(64-72-84)60-56-52-48-44-40-36-32-28-24-20-16-12-8-2)93-86-75-67-82(68-76-86)87(5,6)81-65-73-85(74-66-81)90-94(88-77-57-53-49-45-41-37-33-29-25-21-17-13-9-3)89-78-58-54-50-46-42-38-34-30-26-22-18-14-10-4/h61-64,69-72,81-82,85-86H,7-60,65-68,73-78H2,1-6H3. The highest BCUT2D eigenvalue weighted by Gasteiger charge is 2.42. The summed E-state index contributed by atoms with van der Waals surface area (Å²) in [5.74, 6) is 3.05. The van der Waals surface area contributed by atoms with Crippen molar-refractivity contribution in [3.63, 3.8) is 0 Å². The lowest BCUT2D eigenvalue weighted by Crippen LogP contribution is -2.38. The van der Waals surface area contributed by atoms with Gasteiger partial charge in [-0.1, -0.05) is 374 Å². The lowest BCUT2D eigenvalue weighted by atomic mass is 9.60. The molecule has 0 radical (unpaired) electrons. The molecule has 0 aliphatic heterocycles. The Morgan fingerprint density at radius 2 is 0.495 bits per heavy atom. The maximum absolute atomic E-state index is 6.97. The van der Waals surface area contributed by atoms with Crippen LogP contribution in [0.4, 0.5) is 0 Å². The third-order valence-corrected chi connectivity index (χ3v) is 24.6. The Bertz CT molecular complexity index is 1810. The summed E-state index contributed by atoms with van der Waals surface area (Å²) >= 11 is 0. The molecular weight excluding hydrogens is 1200 g/mol. The second-order valence-electron chi connectivity index (χ2n) is 31.0. The average Bonchev–Trinajstić information content (AvgIpc) is 0.843. The van der Waals surface area contributed by atoms with Gasteiger partial charge in [-0.3, -0.25) is 4.52 Å². The van der Waals surface area contributed by atoms with Gasteiger partial charge in [0.25, 0.3) is 0 Å². The number of hydrogen-bond donors (Lipinski definition) is 0. The van der Waals surface area contributed by atoms with Gasteiger partial charge in [0.15, 0.2) is 0 Å². The summed E-state index contributed by atoms with van der Waals surface area (Å²) in [4.78, 5) is 0. The summed E-state index contributed by atoms with van der Waals surface area (Å²) in [6.07, 6.45) is 83.3. The minimum atomic E-state index is -1.64.